The van der Waals surface area contributed by atoms with Crippen LogP contribution in [0.2, 0.25) is 20.6 Å². The third-order valence-corrected chi connectivity index (χ3v) is 27.7. The number of halogens is 7. The Balaban J connectivity index is 0.000000153. The topological polar surface area (TPSA) is 383 Å². The van der Waals surface area contributed by atoms with Crippen molar-refractivity contribution in [3.8, 4) is 38.9 Å². The summed E-state index contributed by atoms with van der Waals surface area (Å²) >= 11 is 41.3. The molecule has 9 aliphatic rings. The van der Waals surface area contributed by atoms with Crippen molar-refractivity contribution in [2.75, 3.05) is 78.0 Å². The average Bonchev–Trinajstić information content (AvgIpc) is 1.65. The monoisotopic (exact) mass is 2160 g/mol. The van der Waals surface area contributed by atoms with Gasteiger partial charge in [-0.3, -0.25) is 29.3 Å². The highest BCUT2D eigenvalue weighted by atomic mass is 80.9. The number of rotatable bonds is 27. The molecule has 5 saturated heterocycles. The van der Waals surface area contributed by atoms with Crippen LogP contribution in [-0.4, -0.2) is 168 Å². The number of thioether (sulfide) groups is 1. The number of nitrogens with one attached hydrogen (secondary N) is 2. The van der Waals surface area contributed by atoms with E-state index in [-0.39, 0.29) is 46.6 Å². The number of ether oxygens (including phenoxy) is 10. The van der Waals surface area contributed by atoms with Crippen LogP contribution in [-0.2, 0) is 53.8 Å². The molecule has 131 heavy (non-hydrogen) atoms. The number of ketones is 3. The molecule has 8 aromatic heterocycles. The first-order valence-corrected chi connectivity index (χ1v) is 53.7. The highest BCUT2D eigenvalue weighted by Gasteiger charge is 2.38. The van der Waals surface area contributed by atoms with Crippen LogP contribution in [0.3, 0.4) is 0 Å². The maximum Gasteiger partial charge on any atom is 0.294 e. The molecule has 6 N–H and O–H groups in total. The van der Waals surface area contributed by atoms with E-state index in [1.807, 2.05) is 37.3 Å². The highest BCUT2D eigenvalue weighted by Crippen LogP contribution is 2.50. The van der Waals surface area contributed by atoms with Crippen LogP contribution in [0.25, 0.3) is 0 Å². The van der Waals surface area contributed by atoms with E-state index in [4.69, 9.17) is 119 Å². The molecule has 9 fully saturated rings. The number of aromatic nitrogens is 8. The van der Waals surface area contributed by atoms with Crippen molar-refractivity contribution in [3.05, 3.63) is 188 Å². The first-order chi connectivity index (χ1) is 63.1. The molecule has 0 spiro atoms. The van der Waals surface area contributed by atoms with Crippen molar-refractivity contribution in [1.29, 1.82) is 5.41 Å². The SMILES string of the molecule is BrBr.CC(C)(O)c1cc(Nc2cc(Oc3sc(C4CC4)nc3C3CCOCC3)ccn2)ccn1.Cc1ccc(S(=O)(=O)O)cc1.Clc1cc(Oc2sc(C3CC3)nc2C2CCOCC2)ccn1.N=C(SC(Oc1ccnc(Cl)c1)C(=O)C1CCOCC1)C1CC1.NC(=S)C1CC1.O=C(C1CCOCC1)C(Br)Oc1ccnc(Cl)c1.O=C(COc1ccnc(Cl)c1)C1CCOCC1. The van der Waals surface area contributed by atoms with Crippen LogP contribution in [0.4, 0.5) is 11.5 Å². The second-order valence-electron chi connectivity index (χ2n) is 32.5. The molecular formula is C91H106Br3Cl4N11O17S5. The predicted molar refractivity (Wildman–Crippen MR) is 523 cm³/mol. The van der Waals surface area contributed by atoms with Gasteiger partial charge in [0.1, 0.15) is 67.4 Å². The van der Waals surface area contributed by atoms with Crippen LogP contribution in [0.5, 0.6) is 38.9 Å². The molecule has 0 bridgehead atoms. The van der Waals surface area contributed by atoms with Crippen molar-refractivity contribution < 1.29 is 79.8 Å². The number of carbonyl (C=O) groups excluding carboxylic acids is 3. The predicted octanol–water partition coefficient (Wildman–Crippen LogP) is 22.3. The first-order valence-electron chi connectivity index (χ1n) is 43.2. The molecule has 4 saturated carbocycles. The molecule has 9 aromatic rings. The van der Waals surface area contributed by atoms with E-state index >= 15 is 0 Å². The normalized spacial score (nSPS) is 17.6. The quantitative estimate of drug-likeness (QED) is 0.00607. The smallest absolute Gasteiger partial charge is 0.294 e. The minimum atomic E-state index is -4.02. The maximum absolute atomic E-state index is 12.8. The molecule has 40 heteroatoms. The fourth-order valence-electron chi connectivity index (χ4n) is 13.6. The van der Waals surface area contributed by atoms with E-state index in [1.165, 1.54) is 78.6 Å². The Morgan fingerprint density at radius 2 is 0.939 bits per heavy atom. The standard InChI is InChI=1S/C24H28N4O3S.C16H19ClN2O3S.C16H17ClN2O2S.C12H13BrClNO3.C12H14ClNO3.C7H8O3S.C4H7NS.Br2/c1-24(2,29)19-13-17(5-9-25-19)27-20-14-18(6-10-26-20)31-23-21(15-7-11-30-12-8-15)28-22(32-23)16-3-4-16;17-13-9-12(3-6-19-13)22-16(23-15(18)11-1-2-11)14(20)10-4-7-21-8-5-10;17-13-9-12(3-6-18-13)21-16-14(10-4-7-20-8-5-10)19-15(22-16)11-1-2-11;13-12(11(16)8-2-5-17-6-3-8)18-9-1-4-15-10(14)7-9;13-12-7-10(1-4-14-12)17-8-11(15)9-2-5-16-6-3-9;1-6-2-4-7(5-3-6)11(8,9)10;5-4(6)3-1-2-3;1-2/h5-6,9-10,13-16,29H,3-4,7-8,11-12H2,1-2H3,(H,25,26,27);3,6,9-11,16,18H,1-2,4-5,7-8H2;3,6,9-11H,1-2,4-5,7-8H2;1,4,7-8,12H,2-3,5-6H2;1,4,7,9H,2-3,5-6,8H2;2-5H,1H3,(H,8,9,10);3H,1-2H2,(H2,5,6);. The fourth-order valence-corrected chi connectivity index (χ4v) is 19.0. The number of thiazole rings is 2. The van der Waals surface area contributed by atoms with Crippen molar-refractivity contribution in [1.82, 2.24) is 39.9 Å². The molecule has 2 atom stereocenters. The summed E-state index contributed by atoms with van der Waals surface area (Å²) in [6.45, 7) is 12.3. The Morgan fingerprint density at radius 3 is 1.37 bits per heavy atom. The van der Waals surface area contributed by atoms with Crippen LogP contribution in [0.15, 0.2) is 139 Å². The zero-order valence-electron chi connectivity index (χ0n) is 72.4. The van der Waals surface area contributed by atoms with E-state index in [2.05, 4.69) is 91.6 Å². The molecule has 706 valence electrons. The van der Waals surface area contributed by atoms with Crippen molar-refractivity contribution in [3.63, 3.8) is 0 Å². The fraction of sp³-hybridized carbons (Fsp3) is 0.484. The number of benzene rings is 1. The zero-order chi connectivity index (χ0) is 93.4. The van der Waals surface area contributed by atoms with E-state index in [9.17, 15) is 27.9 Å². The molecule has 0 radical (unpaired) electrons. The number of aliphatic hydroxyl groups is 1. The molecule has 1 aromatic carbocycles. The zero-order valence-corrected chi connectivity index (χ0v) is 84.3. The van der Waals surface area contributed by atoms with Crippen LogP contribution >= 0.6 is 137 Å². The lowest BCUT2D eigenvalue weighted by atomic mass is 9.96. The van der Waals surface area contributed by atoms with E-state index in [0.717, 1.165) is 135 Å². The van der Waals surface area contributed by atoms with Gasteiger partial charge in [-0.25, -0.2) is 34.9 Å². The number of nitrogens with zero attached hydrogens (tertiary/aromatic N) is 8. The molecule has 2 unspecified atom stereocenters. The molecule has 18 rings (SSSR count). The number of hydrogen-bond donors (Lipinski definition) is 5. The minimum Gasteiger partial charge on any atom is -0.486 e. The number of carbonyl (C=O) groups is 3. The van der Waals surface area contributed by atoms with E-state index in [0.29, 0.717) is 147 Å². The summed E-state index contributed by atoms with van der Waals surface area (Å²) in [5.74, 6) is 6.90. The van der Waals surface area contributed by atoms with E-state index in [1.54, 1.807) is 122 Å². The molecule has 5 aliphatic heterocycles. The lowest BCUT2D eigenvalue weighted by Gasteiger charge is -2.25. The molecule has 4 aliphatic carbocycles. The second kappa shape index (κ2) is 53.2. The van der Waals surface area contributed by atoms with E-state index < -0.39 is 26.2 Å². The first kappa shape index (κ1) is 105. The number of pyridine rings is 6. The third kappa shape index (κ3) is 36.1. The van der Waals surface area contributed by atoms with Gasteiger partial charge in [-0.2, -0.15) is 8.42 Å². The van der Waals surface area contributed by atoms with Crippen LogP contribution < -0.4 is 34.7 Å². The van der Waals surface area contributed by atoms with Gasteiger partial charge in [0.25, 0.3) is 10.1 Å². The lowest BCUT2D eigenvalue weighted by Crippen LogP contribution is -2.34. The summed E-state index contributed by atoms with van der Waals surface area (Å²) < 4.78 is 85.6. The lowest BCUT2D eigenvalue weighted by molar-refractivity contribution is -0.129. The number of Topliss-reactive ketones (excluding diaryl/α,β-unsaturated/α-hetero) is 3. The molecule has 0 amide bonds. The Morgan fingerprint density at radius 1 is 0.534 bits per heavy atom. The van der Waals surface area contributed by atoms with Gasteiger partial charge in [0.2, 0.25) is 20.6 Å². The number of alkyl halides is 1. The number of nitrogens with two attached hydrogens (primary N) is 1. The Kier molecular flexibility index (Phi) is 42.6. The summed E-state index contributed by atoms with van der Waals surface area (Å²) in [5, 5.41) is 27.2. The van der Waals surface area contributed by atoms with Gasteiger partial charge in [0.15, 0.2) is 17.3 Å². The van der Waals surface area contributed by atoms with Crippen molar-refractivity contribution in [2.45, 2.75) is 181 Å². The number of hydrogen-bond acceptors (Lipinski definition) is 30. The van der Waals surface area contributed by atoms with Gasteiger partial charge in [-0.05, 0) is 207 Å². The number of aryl methyl sites for hydroxylation is 1. The molecule has 13 heterocycles. The van der Waals surface area contributed by atoms with Crippen LogP contribution in [0, 0.1) is 41.9 Å². The number of thiocarbonyl (C=S) groups is 1. The maximum atomic E-state index is 12.8. The van der Waals surface area contributed by atoms with Gasteiger partial charge in [-0.1, -0.05) is 111 Å². The van der Waals surface area contributed by atoms with Gasteiger partial charge >= 0.3 is 0 Å². The minimum absolute atomic E-state index is 0.000402. The second-order valence-corrected chi connectivity index (χ2v) is 39.9. The highest BCUT2D eigenvalue weighted by molar-refractivity contribution is 9.93. The van der Waals surface area contributed by atoms with Gasteiger partial charge < -0.3 is 63.5 Å². The summed E-state index contributed by atoms with van der Waals surface area (Å²) in [6.07, 6.45) is 27.7. The van der Waals surface area contributed by atoms with Gasteiger partial charge in [0, 0.05) is 221 Å². The Bertz CT molecular complexity index is 5290. The Hall–Kier alpha value is -6.63. The van der Waals surface area contributed by atoms with Gasteiger partial charge in [-0.15, -0.1) is 0 Å². The summed E-state index contributed by atoms with van der Waals surface area (Å²) in [4.78, 5) is 71.6. The summed E-state index contributed by atoms with van der Waals surface area (Å²) in [7, 11) is -4.02. The average molecular weight is 2170 g/mol. The van der Waals surface area contributed by atoms with Gasteiger partial charge in [0.05, 0.1) is 42.0 Å². The van der Waals surface area contributed by atoms with Crippen molar-refractivity contribution >= 4 is 186 Å². The van der Waals surface area contributed by atoms with Crippen molar-refractivity contribution in [2.24, 2.45) is 35.3 Å². The van der Waals surface area contributed by atoms with Crippen LogP contribution in [0.1, 0.15) is 186 Å². The molecular weight excluding hydrogens is 2060 g/mol. The molecule has 28 nitrogen and oxygen atoms in total. The number of anilines is 2. The largest absolute Gasteiger partial charge is 0.486 e. The third-order valence-electron chi connectivity index (χ3n) is 21.7. The Labute approximate surface area is 824 Å². The summed E-state index contributed by atoms with van der Waals surface area (Å²) in [5.41, 5.74) is 8.04. The summed E-state index contributed by atoms with van der Waals surface area (Å²) in [6, 6.07) is 26.8.